The molecule has 1 aromatic rings. The van der Waals surface area contributed by atoms with Crippen LogP contribution in [-0.2, 0) is 12.1 Å². The Hall–Kier alpha value is -0.870. The fraction of sp³-hybridized carbons (Fsp3) is 0.750. The van der Waals surface area contributed by atoms with Gasteiger partial charge in [-0.1, -0.05) is 6.92 Å². The average Bonchev–Trinajstić information content (AvgIpc) is 2.67. The summed E-state index contributed by atoms with van der Waals surface area (Å²) in [6, 6.07) is 2.04. The predicted molar refractivity (Wildman–Crippen MR) is 62.9 cm³/mol. The lowest BCUT2D eigenvalue weighted by Gasteiger charge is -2.35. The Morgan fingerprint density at radius 2 is 2.50 bits per heavy atom. The lowest BCUT2D eigenvalue weighted by atomic mass is 9.80. The zero-order chi connectivity index (χ0) is 11.6. The van der Waals surface area contributed by atoms with Gasteiger partial charge in [0.15, 0.2) is 0 Å². The minimum Gasteiger partial charge on any atom is -0.384 e. The van der Waals surface area contributed by atoms with E-state index in [1.165, 1.54) is 0 Å². The zero-order valence-corrected chi connectivity index (χ0v) is 9.89. The molecule has 0 amide bonds. The Labute approximate surface area is 96.5 Å². The van der Waals surface area contributed by atoms with Crippen LogP contribution in [0.5, 0.6) is 0 Å². The lowest BCUT2D eigenvalue weighted by Crippen LogP contribution is -2.40. The second-order valence-electron chi connectivity index (χ2n) is 4.83. The second kappa shape index (κ2) is 4.55. The van der Waals surface area contributed by atoms with E-state index in [2.05, 4.69) is 12.0 Å². The molecule has 16 heavy (non-hydrogen) atoms. The SMILES string of the molecule is CCCn1nccc1C1(O)CCCC(N)C1. The predicted octanol–water partition coefficient (Wildman–Crippen LogP) is 1.38. The van der Waals surface area contributed by atoms with Crippen molar-refractivity contribution < 1.29 is 5.11 Å². The minimum absolute atomic E-state index is 0.115. The largest absolute Gasteiger partial charge is 0.384 e. The number of hydrogen-bond donors (Lipinski definition) is 2. The first kappa shape index (κ1) is 11.6. The van der Waals surface area contributed by atoms with Crippen LogP contribution in [0.3, 0.4) is 0 Å². The first-order chi connectivity index (χ1) is 7.65. The number of aliphatic hydroxyl groups is 1. The van der Waals surface area contributed by atoms with Gasteiger partial charge in [-0.25, -0.2) is 0 Å². The zero-order valence-electron chi connectivity index (χ0n) is 9.89. The molecule has 2 rings (SSSR count). The highest BCUT2D eigenvalue weighted by atomic mass is 16.3. The van der Waals surface area contributed by atoms with Crippen molar-refractivity contribution in [1.29, 1.82) is 0 Å². The maximum atomic E-state index is 10.7. The van der Waals surface area contributed by atoms with Crippen LogP contribution in [0.4, 0.5) is 0 Å². The number of aromatic nitrogens is 2. The topological polar surface area (TPSA) is 64.1 Å². The van der Waals surface area contributed by atoms with Crippen molar-refractivity contribution in [3.63, 3.8) is 0 Å². The van der Waals surface area contributed by atoms with Crippen LogP contribution in [0.15, 0.2) is 12.3 Å². The van der Waals surface area contributed by atoms with Gasteiger partial charge in [0.1, 0.15) is 5.60 Å². The van der Waals surface area contributed by atoms with Gasteiger partial charge in [0.25, 0.3) is 0 Å². The Kier molecular flexibility index (Phi) is 3.30. The first-order valence-corrected chi connectivity index (χ1v) is 6.16. The van der Waals surface area contributed by atoms with Crippen molar-refractivity contribution in [1.82, 2.24) is 9.78 Å². The third kappa shape index (κ3) is 2.13. The van der Waals surface area contributed by atoms with Gasteiger partial charge < -0.3 is 10.8 Å². The maximum absolute atomic E-state index is 10.7. The van der Waals surface area contributed by atoms with E-state index in [1.807, 2.05) is 10.7 Å². The van der Waals surface area contributed by atoms with Gasteiger partial charge in [-0.15, -0.1) is 0 Å². The Balaban J connectivity index is 2.23. The number of aryl methyl sites for hydroxylation is 1. The van der Waals surface area contributed by atoms with Crippen LogP contribution < -0.4 is 5.73 Å². The Bertz CT molecular complexity index is 350. The molecule has 2 atom stereocenters. The molecule has 4 heteroatoms. The Morgan fingerprint density at radius 3 is 3.19 bits per heavy atom. The molecule has 4 nitrogen and oxygen atoms in total. The minimum atomic E-state index is -0.761. The van der Waals surface area contributed by atoms with Gasteiger partial charge in [0.05, 0.1) is 5.69 Å². The van der Waals surface area contributed by atoms with E-state index >= 15 is 0 Å². The van der Waals surface area contributed by atoms with E-state index in [1.54, 1.807) is 6.20 Å². The van der Waals surface area contributed by atoms with Gasteiger partial charge in [0, 0.05) is 18.8 Å². The molecule has 1 saturated carbocycles. The highest BCUT2D eigenvalue weighted by molar-refractivity contribution is 5.14. The van der Waals surface area contributed by atoms with E-state index in [0.29, 0.717) is 6.42 Å². The molecule has 90 valence electrons. The highest BCUT2D eigenvalue weighted by Crippen LogP contribution is 2.36. The average molecular weight is 223 g/mol. The van der Waals surface area contributed by atoms with Gasteiger partial charge in [-0.2, -0.15) is 5.10 Å². The summed E-state index contributed by atoms with van der Waals surface area (Å²) >= 11 is 0. The van der Waals surface area contributed by atoms with E-state index in [-0.39, 0.29) is 6.04 Å². The molecule has 1 aliphatic carbocycles. The fourth-order valence-electron chi connectivity index (χ4n) is 2.65. The van der Waals surface area contributed by atoms with Crippen LogP contribution in [0.25, 0.3) is 0 Å². The normalized spacial score (nSPS) is 30.6. The van der Waals surface area contributed by atoms with Crippen molar-refractivity contribution in [2.45, 2.75) is 57.2 Å². The van der Waals surface area contributed by atoms with E-state index in [9.17, 15) is 5.11 Å². The molecule has 1 aromatic heterocycles. The molecule has 0 bridgehead atoms. The van der Waals surface area contributed by atoms with E-state index < -0.39 is 5.60 Å². The van der Waals surface area contributed by atoms with Gasteiger partial charge in [0.2, 0.25) is 0 Å². The molecule has 2 unspecified atom stereocenters. The van der Waals surface area contributed by atoms with Crippen LogP contribution in [-0.4, -0.2) is 20.9 Å². The monoisotopic (exact) mass is 223 g/mol. The molecule has 0 radical (unpaired) electrons. The third-order valence-corrected chi connectivity index (χ3v) is 3.39. The second-order valence-corrected chi connectivity index (χ2v) is 4.83. The summed E-state index contributed by atoms with van der Waals surface area (Å²) in [7, 11) is 0. The smallest absolute Gasteiger partial charge is 0.108 e. The molecule has 0 spiro atoms. The maximum Gasteiger partial charge on any atom is 0.108 e. The molecular weight excluding hydrogens is 202 g/mol. The summed E-state index contributed by atoms with van der Waals surface area (Å²) in [5.74, 6) is 0. The molecular formula is C12H21N3O. The molecule has 1 heterocycles. The fourth-order valence-corrected chi connectivity index (χ4v) is 2.65. The number of nitrogens with zero attached hydrogens (tertiary/aromatic N) is 2. The summed E-state index contributed by atoms with van der Waals surface area (Å²) in [6.07, 6.45) is 6.26. The summed E-state index contributed by atoms with van der Waals surface area (Å²) in [6.45, 7) is 2.97. The third-order valence-electron chi connectivity index (χ3n) is 3.39. The van der Waals surface area contributed by atoms with Crippen LogP contribution in [0.1, 0.15) is 44.7 Å². The number of rotatable bonds is 3. The first-order valence-electron chi connectivity index (χ1n) is 6.16. The quantitative estimate of drug-likeness (QED) is 0.813. The van der Waals surface area contributed by atoms with Crippen molar-refractivity contribution in [3.05, 3.63) is 18.0 Å². The summed E-state index contributed by atoms with van der Waals surface area (Å²) in [5, 5.41) is 14.9. The van der Waals surface area contributed by atoms with Gasteiger partial charge >= 0.3 is 0 Å². The molecule has 0 aliphatic heterocycles. The number of hydrogen-bond acceptors (Lipinski definition) is 3. The van der Waals surface area contributed by atoms with E-state index in [0.717, 1.165) is 37.9 Å². The molecule has 0 saturated heterocycles. The molecule has 3 N–H and O–H groups in total. The van der Waals surface area contributed by atoms with Gasteiger partial charge in [-0.05, 0) is 38.2 Å². The summed E-state index contributed by atoms with van der Waals surface area (Å²) in [5.41, 5.74) is 6.12. The lowest BCUT2D eigenvalue weighted by molar-refractivity contribution is -0.0151. The molecule has 1 aliphatic rings. The standard InChI is InChI=1S/C12H21N3O/c1-2-8-15-11(5-7-14-15)12(16)6-3-4-10(13)9-12/h5,7,10,16H,2-4,6,8-9,13H2,1H3. The molecule has 0 aromatic carbocycles. The van der Waals surface area contributed by atoms with Crippen molar-refractivity contribution in [2.24, 2.45) is 5.73 Å². The van der Waals surface area contributed by atoms with Crippen molar-refractivity contribution >= 4 is 0 Å². The van der Waals surface area contributed by atoms with Crippen molar-refractivity contribution in [3.8, 4) is 0 Å². The van der Waals surface area contributed by atoms with E-state index in [4.69, 9.17) is 5.73 Å². The highest BCUT2D eigenvalue weighted by Gasteiger charge is 2.36. The van der Waals surface area contributed by atoms with Gasteiger partial charge in [-0.3, -0.25) is 4.68 Å². The van der Waals surface area contributed by atoms with Crippen LogP contribution in [0, 0.1) is 0 Å². The van der Waals surface area contributed by atoms with Crippen molar-refractivity contribution in [2.75, 3.05) is 0 Å². The Morgan fingerprint density at radius 1 is 1.69 bits per heavy atom. The van der Waals surface area contributed by atoms with Crippen LogP contribution >= 0.6 is 0 Å². The summed E-state index contributed by atoms with van der Waals surface area (Å²) in [4.78, 5) is 0. The van der Waals surface area contributed by atoms with Crippen LogP contribution in [0.2, 0.25) is 0 Å². The molecule has 1 fully saturated rings. The summed E-state index contributed by atoms with van der Waals surface area (Å²) < 4.78 is 1.91. The number of nitrogens with two attached hydrogens (primary N) is 1.